The zero-order valence-electron chi connectivity index (χ0n) is 14.6. The van der Waals surface area contributed by atoms with Gasteiger partial charge in [0.15, 0.2) is 0 Å². The number of carbonyl (C=O) groups excluding carboxylic acids is 1. The number of nitrogens with one attached hydrogen (secondary N) is 2. The molecule has 0 aliphatic carbocycles. The number of aromatic nitrogens is 3. The van der Waals surface area contributed by atoms with E-state index in [0.717, 1.165) is 42.1 Å². The Balaban J connectivity index is 1.69. The summed E-state index contributed by atoms with van der Waals surface area (Å²) in [6.07, 6.45) is 7.30. The van der Waals surface area contributed by atoms with Crippen molar-refractivity contribution in [2.75, 3.05) is 12.4 Å². The number of anilines is 1. The van der Waals surface area contributed by atoms with Gasteiger partial charge in [-0.3, -0.25) is 4.79 Å². The average Bonchev–Trinajstić information content (AvgIpc) is 3.28. The molecule has 1 amide bonds. The maximum Gasteiger partial charge on any atom is 0.232 e. The van der Waals surface area contributed by atoms with Gasteiger partial charge in [0.2, 0.25) is 11.0 Å². The molecule has 0 spiro atoms. The zero-order chi connectivity index (χ0) is 18.8. The maximum absolute atomic E-state index is 11.9. The SMILES string of the molecule is CN/C(N)=C/C=C(\N)CCCCc1nnc(NC(=O)Cc2cscn2)s1. The molecular weight excluding hydrogens is 370 g/mol. The lowest BCUT2D eigenvalue weighted by molar-refractivity contribution is -0.115. The Morgan fingerprint density at radius 2 is 2.12 bits per heavy atom. The van der Waals surface area contributed by atoms with E-state index in [-0.39, 0.29) is 12.3 Å². The van der Waals surface area contributed by atoms with Gasteiger partial charge in [0.25, 0.3) is 0 Å². The Morgan fingerprint density at radius 1 is 1.27 bits per heavy atom. The molecule has 0 atom stereocenters. The van der Waals surface area contributed by atoms with Gasteiger partial charge in [-0.05, 0) is 31.4 Å². The van der Waals surface area contributed by atoms with Crippen molar-refractivity contribution < 1.29 is 4.79 Å². The number of rotatable bonds is 10. The number of nitrogens with two attached hydrogens (primary N) is 2. The van der Waals surface area contributed by atoms with E-state index >= 15 is 0 Å². The molecule has 2 rings (SSSR count). The van der Waals surface area contributed by atoms with Gasteiger partial charge in [0.05, 0.1) is 23.4 Å². The van der Waals surface area contributed by atoms with E-state index in [1.165, 1.54) is 22.7 Å². The van der Waals surface area contributed by atoms with E-state index in [4.69, 9.17) is 11.5 Å². The van der Waals surface area contributed by atoms with Gasteiger partial charge < -0.3 is 22.1 Å². The molecule has 2 aromatic heterocycles. The molecule has 10 heteroatoms. The average molecular weight is 394 g/mol. The van der Waals surface area contributed by atoms with Crippen LogP contribution in [0.4, 0.5) is 5.13 Å². The van der Waals surface area contributed by atoms with Crippen LogP contribution in [0.3, 0.4) is 0 Å². The lowest BCUT2D eigenvalue weighted by Gasteiger charge is -2.01. The largest absolute Gasteiger partial charge is 0.402 e. The highest BCUT2D eigenvalue weighted by Crippen LogP contribution is 2.18. The Morgan fingerprint density at radius 3 is 2.85 bits per heavy atom. The summed E-state index contributed by atoms with van der Waals surface area (Å²) in [6.45, 7) is 0. The number of aryl methyl sites for hydroxylation is 1. The molecule has 26 heavy (non-hydrogen) atoms. The van der Waals surface area contributed by atoms with E-state index < -0.39 is 0 Å². The number of allylic oxidation sites excluding steroid dienone is 3. The minimum Gasteiger partial charge on any atom is -0.402 e. The van der Waals surface area contributed by atoms with Crippen molar-refractivity contribution in [2.24, 2.45) is 11.5 Å². The van der Waals surface area contributed by atoms with Crippen molar-refractivity contribution in [3.8, 4) is 0 Å². The van der Waals surface area contributed by atoms with Gasteiger partial charge in [-0.15, -0.1) is 21.5 Å². The molecule has 8 nitrogen and oxygen atoms in total. The van der Waals surface area contributed by atoms with Crippen LogP contribution in [0.1, 0.15) is 30.0 Å². The third kappa shape index (κ3) is 7.19. The molecule has 0 saturated heterocycles. The lowest BCUT2D eigenvalue weighted by Crippen LogP contribution is -2.14. The van der Waals surface area contributed by atoms with Crippen molar-refractivity contribution in [3.05, 3.63) is 45.3 Å². The number of carbonyl (C=O) groups is 1. The fraction of sp³-hybridized carbons (Fsp3) is 0.375. The molecule has 140 valence electrons. The highest BCUT2D eigenvalue weighted by Gasteiger charge is 2.09. The van der Waals surface area contributed by atoms with Crippen molar-refractivity contribution in [3.63, 3.8) is 0 Å². The molecule has 0 aromatic carbocycles. The van der Waals surface area contributed by atoms with Crippen LogP contribution in [-0.2, 0) is 17.6 Å². The number of hydrogen-bond acceptors (Lipinski definition) is 9. The normalized spacial score (nSPS) is 12.2. The summed E-state index contributed by atoms with van der Waals surface area (Å²) in [4.78, 5) is 16.0. The Kier molecular flexibility index (Phi) is 8.03. The second kappa shape index (κ2) is 10.5. The van der Waals surface area contributed by atoms with Gasteiger partial charge in [-0.2, -0.15) is 0 Å². The van der Waals surface area contributed by atoms with Gasteiger partial charge >= 0.3 is 0 Å². The number of nitrogens with zero attached hydrogens (tertiary/aromatic N) is 3. The van der Waals surface area contributed by atoms with Crippen molar-refractivity contribution in [1.82, 2.24) is 20.5 Å². The first kappa shape index (κ1) is 19.9. The first-order valence-electron chi connectivity index (χ1n) is 8.15. The molecule has 0 saturated carbocycles. The summed E-state index contributed by atoms with van der Waals surface area (Å²) in [5.41, 5.74) is 14.8. The highest BCUT2D eigenvalue weighted by atomic mass is 32.1. The molecule has 0 fully saturated rings. The van der Waals surface area contributed by atoms with Crippen LogP contribution in [0.15, 0.2) is 34.6 Å². The molecule has 6 N–H and O–H groups in total. The van der Waals surface area contributed by atoms with Crippen LogP contribution in [0.5, 0.6) is 0 Å². The topological polar surface area (TPSA) is 132 Å². The monoisotopic (exact) mass is 393 g/mol. The number of amides is 1. The van der Waals surface area contributed by atoms with Gasteiger partial charge in [-0.1, -0.05) is 11.3 Å². The summed E-state index contributed by atoms with van der Waals surface area (Å²) in [7, 11) is 1.76. The number of unbranched alkanes of at least 4 members (excludes halogenated alkanes) is 1. The molecule has 0 radical (unpaired) electrons. The van der Waals surface area contributed by atoms with E-state index in [1.54, 1.807) is 18.6 Å². The molecule has 0 bridgehead atoms. The van der Waals surface area contributed by atoms with Gasteiger partial charge in [0, 0.05) is 24.5 Å². The van der Waals surface area contributed by atoms with E-state index in [1.807, 2.05) is 11.5 Å². The van der Waals surface area contributed by atoms with Gasteiger partial charge in [-0.25, -0.2) is 4.98 Å². The van der Waals surface area contributed by atoms with E-state index in [2.05, 4.69) is 25.8 Å². The van der Waals surface area contributed by atoms with E-state index in [0.29, 0.717) is 11.0 Å². The predicted octanol–water partition coefficient (Wildman–Crippen LogP) is 1.75. The Bertz CT molecular complexity index is 753. The highest BCUT2D eigenvalue weighted by molar-refractivity contribution is 7.15. The summed E-state index contributed by atoms with van der Waals surface area (Å²) in [5.74, 6) is 0.441. The molecule has 0 aliphatic heterocycles. The van der Waals surface area contributed by atoms with Crippen LogP contribution >= 0.6 is 22.7 Å². The van der Waals surface area contributed by atoms with Crippen molar-refractivity contribution >= 4 is 33.7 Å². The minimum absolute atomic E-state index is 0.134. The maximum atomic E-state index is 11.9. The molecular formula is C16H23N7OS2. The standard InChI is InChI=1S/C16H23N7OS2/c1-19-13(18)7-6-11(17)4-2-3-5-15-22-23-16(26-15)21-14(24)8-12-9-25-10-20-12/h6-7,9-10,19H,2-5,8,17-18H2,1H3,(H,21,23,24)/b11-6-,13-7+. The quantitative estimate of drug-likeness (QED) is 0.357. The molecule has 2 aromatic rings. The summed E-state index contributed by atoms with van der Waals surface area (Å²) >= 11 is 2.87. The molecule has 2 heterocycles. The first-order valence-corrected chi connectivity index (χ1v) is 9.91. The third-order valence-electron chi connectivity index (χ3n) is 3.41. The zero-order valence-corrected chi connectivity index (χ0v) is 16.2. The fourth-order valence-electron chi connectivity index (χ4n) is 2.03. The smallest absolute Gasteiger partial charge is 0.232 e. The second-order valence-corrected chi connectivity index (χ2v) is 7.31. The summed E-state index contributed by atoms with van der Waals surface area (Å²) in [5, 5.41) is 17.0. The molecule has 0 unspecified atom stereocenters. The van der Waals surface area contributed by atoms with Gasteiger partial charge in [0.1, 0.15) is 5.01 Å². The molecule has 0 aliphatic rings. The van der Waals surface area contributed by atoms with Crippen LogP contribution in [0.25, 0.3) is 0 Å². The van der Waals surface area contributed by atoms with Crippen molar-refractivity contribution in [1.29, 1.82) is 0 Å². The number of hydrogen-bond donors (Lipinski definition) is 4. The third-order valence-corrected chi connectivity index (χ3v) is 4.94. The van der Waals surface area contributed by atoms with Crippen LogP contribution in [0.2, 0.25) is 0 Å². The Labute approximate surface area is 160 Å². The van der Waals surface area contributed by atoms with Crippen LogP contribution in [0, 0.1) is 0 Å². The summed E-state index contributed by atoms with van der Waals surface area (Å²) in [6, 6.07) is 0. The predicted molar refractivity (Wildman–Crippen MR) is 106 cm³/mol. The Hall–Kier alpha value is -2.46. The first-order chi connectivity index (χ1) is 12.6. The summed E-state index contributed by atoms with van der Waals surface area (Å²) < 4.78 is 0. The number of thiazole rings is 1. The van der Waals surface area contributed by atoms with E-state index in [9.17, 15) is 4.79 Å². The van der Waals surface area contributed by atoms with Crippen molar-refractivity contribution in [2.45, 2.75) is 32.1 Å². The van der Waals surface area contributed by atoms with Crippen LogP contribution < -0.4 is 22.1 Å². The second-order valence-electron chi connectivity index (χ2n) is 5.53. The fourth-order valence-corrected chi connectivity index (χ4v) is 3.38. The lowest BCUT2D eigenvalue weighted by atomic mass is 10.1. The van der Waals surface area contributed by atoms with Crippen LogP contribution in [-0.4, -0.2) is 28.1 Å². The minimum atomic E-state index is -0.134.